The van der Waals surface area contributed by atoms with E-state index >= 15 is 0 Å². The average Bonchev–Trinajstić information content (AvgIpc) is 2.58. The minimum Gasteiger partial charge on any atom is -0.379 e. The summed E-state index contributed by atoms with van der Waals surface area (Å²) in [6.45, 7) is 8.07. The van der Waals surface area contributed by atoms with Crippen molar-refractivity contribution in [3.8, 4) is 11.3 Å². The average molecular weight is 350 g/mol. The number of aromatic nitrogens is 2. The highest BCUT2D eigenvalue weighted by Gasteiger charge is 2.17. The summed E-state index contributed by atoms with van der Waals surface area (Å²) in [4.78, 5) is 14.8. The number of ether oxygens (including phenoxy) is 1. The van der Waals surface area contributed by atoms with Crippen LogP contribution in [0.5, 0.6) is 0 Å². The maximum atomic E-state index is 12.5. The minimum absolute atomic E-state index is 0. The summed E-state index contributed by atoms with van der Waals surface area (Å²) in [6.07, 6.45) is 0. The molecular formula is C18H24ClN3O2. The molecule has 24 heavy (non-hydrogen) atoms. The number of benzene rings is 1. The molecule has 3 rings (SSSR count). The molecule has 0 bridgehead atoms. The number of halogens is 1. The molecule has 1 fully saturated rings. The van der Waals surface area contributed by atoms with E-state index in [1.807, 2.05) is 43.3 Å². The van der Waals surface area contributed by atoms with Crippen molar-refractivity contribution in [2.45, 2.75) is 19.9 Å². The number of rotatable bonds is 4. The fourth-order valence-electron chi connectivity index (χ4n) is 2.92. The van der Waals surface area contributed by atoms with E-state index in [4.69, 9.17) is 4.74 Å². The molecule has 5 nitrogen and oxygen atoms in total. The van der Waals surface area contributed by atoms with E-state index in [2.05, 4.69) is 16.9 Å². The van der Waals surface area contributed by atoms with Gasteiger partial charge in [-0.3, -0.25) is 9.69 Å². The lowest BCUT2D eigenvalue weighted by molar-refractivity contribution is 0.0316. The molecule has 2 heterocycles. The van der Waals surface area contributed by atoms with E-state index in [0.717, 1.165) is 49.7 Å². The van der Waals surface area contributed by atoms with E-state index in [9.17, 15) is 4.79 Å². The fraction of sp³-hybridized carbons (Fsp3) is 0.444. The number of nitrogens with zero attached hydrogens (tertiary/aromatic N) is 3. The second kappa shape index (κ2) is 8.42. The quantitative estimate of drug-likeness (QED) is 0.851. The van der Waals surface area contributed by atoms with Gasteiger partial charge in [-0.1, -0.05) is 30.3 Å². The third-order valence-electron chi connectivity index (χ3n) is 4.23. The minimum atomic E-state index is -0.00885. The summed E-state index contributed by atoms with van der Waals surface area (Å²) in [5.74, 6) is 0. The van der Waals surface area contributed by atoms with Crippen LogP contribution in [0.4, 0.5) is 0 Å². The van der Waals surface area contributed by atoms with Crippen molar-refractivity contribution < 1.29 is 4.74 Å². The highest BCUT2D eigenvalue weighted by atomic mass is 35.5. The molecule has 1 aliphatic rings. The Labute approximate surface area is 148 Å². The third-order valence-corrected chi connectivity index (χ3v) is 4.23. The van der Waals surface area contributed by atoms with Crippen LogP contribution in [0.25, 0.3) is 11.3 Å². The molecular weight excluding hydrogens is 326 g/mol. The molecule has 130 valence electrons. The molecule has 0 saturated carbocycles. The van der Waals surface area contributed by atoms with Crippen LogP contribution in [0.15, 0.2) is 41.2 Å². The van der Waals surface area contributed by atoms with Gasteiger partial charge in [0, 0.05) is 30.8 Å². The Morgan fingerprint density at radius 3 is 2.54 bits per heavy atom. The molecule has 0 aliphatic carbocycles. The van der Waals surface area contributed by atoms with Crippen molar-refractivity contribution in [2.24, 2.45) is 0 Å². The van der Waals surface area contributed by atoms with Crippen molar-refractivity contribution in [3.63, 3.8) is 0 Å². The topological polar surface area (TPSA) is 47.4 Å². The summed E-state index contributed by atoms with van der Waals surface area (Å²) < 4.78 is 7.01. The Kier molecular flexibility index (Phi) is 6.54. The molecule has 0 radical (unpaired) electrons. The molecule has 0 amide bonds. The van der Waals surface area contributed by atoms with Gasteiger partial charge in [0.1, 0.15) is 0 Å². The van der Waals surface area contributed by atoms with E-state index in [1.165, 1.54) is 0 Å². The molecule has 1 aromatic heterocycles. The van der Waals surface area contributed by atoms with Gasteiger partial charge >= 0.3 is 0 Å². The lowest BCUT2D eigenvalue weighted by atomic mass is 10.1. The van der Waals surface area contributed by atoms with Gasteiger partial charge in [-0.15, -0.1) is 12.4 Å². The predicted octanol–water partition coefficient (Wildman–Crippen LogP) is 2.53. The lowest BCUT2D eigenvalue weighted by Gasteiger charge is -2.29. The SMILES string of the molecule is Cc1cc(-c2ccccc2)nn(C(C)CN2CCOCC2)c1=O.Cl. The molecule has 1 aliphatic heterocycles. The largest absolute Gasteiger partial charge is 0.379 e. The zero-order chi connectivity index (χ0) is 16.2. The second-order valence-corrected chi connectivity index (χ2v) is 6.09. The van der Waals surface area contributed by atoms with Crippen molar-refractivity contribution in [2.75, 3.05) is 32.8 Å². The maximum absolute atomic E-state index is 12.5. The molecule has 0 spiro atoms. The van der Waals surface area contributed by atoms with Gasteiger partial charge in [-0.25, -0.2) is 4.68 Å². The van der Waals surface area contributed by atoms with E-state index in [-0.39, 0.29) is 24.0 Å². The van der Waals surface area contributed by atoms with Crippen LogP contribution in [0.1, 0.15) is 18.5 Å². The predicted molar refractivity (Wildman–Crippen MR) is 97.9 cm³/mol. The molecule has 1 atom stereocenters. The van der Waals surface area contributed by atoms with Gasteiger partial charge in [-0.2, -0.15) is 5.10 Å². The highest BCUT2D eigenvalue weighted by molar-refractivity contribution is 5.85. The number of aryl methyl sites for hydroxylation is 1. The van der Waals surface area contributed by atoms with Gasteiger partial charge < -0.3 is 4.74 Å². The standard InChI is InChI=1S/C18H23N3O2.ClH/c1-14-12-17(16-6-4-3-5-7-16)19-21(18(14)22)15(2)13-20-8-10-23-11-9-20;/h3-7,12,15H,8-11,13H2,1-2H3;1H. The normalized spacial score (nSPS) is 16.4. The Hall–Kier alpha value is -1.69. The number of hydrogen-bond donors (Lipinski definition) is 0. The zero-order valence-electron chi connectivity index (χ0n) is 14.1. The highest BCUT2D eigenvalue weighted by Crippen LogP contribution is 2.17. The van der Waals surface area contributed by atoms with Crippen LogP contribution in [0.2, 0.25) is 0 Å². The van der Waals surface area contributed by atoms with E-state index in [1.54, 1.807) is 4.68 Å². The van der Waals surface area contributed by atoms with Crippen LogP contribution < -0.4 is 5.56 Å². The van der Waals surface area contributed by atoms with Gasteiger partial charge in [0.2, 0.25) is 0 Å². The fourth-order valence-corrected chi connectivity index (χ4v) is 2.92. The summed E-state index contributed by atoms with van der Waals surface area (Å²) in [5, 5.41) is 4.62. The molecule has 1 unspecified atom stereocenters. The number of morpholine rings is 1. The van der Waals surface area contributed by atoms with Crippen LogP contribution >= 0.6 is 12.4 Å². The molecule has 1 aromatic carbocycles. The molecule has 0 N–H and O–H groups in total. The first kappa shape index (κ1) is 18.6. The molecule has 1 saturated heterocycles. The lowest BCUT2D eigenvalue weighted by Crippen LogP contribution is -2.41. The van der Waals surface area contributed by atoms with Crippen molar-refractivity contribution in [1.82, 2.24) is 14.7 Å². The zero-order valence-corrected chi connectivity index (χ0v) is 15.0. The second-order valence-electron chi connectivity index (χ2n) is 6.09. The van der Waals surface area contributed by atoms with Gasteiger partial charge in [0.05, 0.1) is 24.9 Å². The Bertz CT molecular complexity index is 712. The summed E-state index contributed by atoms with van der Waals surface area (Å²) >= 11 is 0. The van der Waals surface area contributed by atoms with Crippen LogP contribution in [0.3, 0.4) is 0 Å². The monoisotopic (exact) mass is 349 g/mol. The number of hydrogen-bond acceptors (Lipinski definition) is 4. The summed E-state index contributed by atoms with van der Waals surface area (Å²) in [7, 11) is 0. The van der Waals surface area contributed by atoms with Crippen LogP contribution in [0, 0.1) is 6.92 Å². The van der Waals surface area contributed by atoms with Gasteiger partial charge in [0.25, 0.3) is 5.56 Å². The summed E-state index contributed by atoms with van der Waals surface area (Å²) in [5.41, 5.74) is 2.59. The maximum Gasteiger partial charge on any atom is 0.269 e. The van der Waals surface area contributed by atoms with Gasteiger partial charge in [0.15, 0.2) is 0 Å². The van der Waals surface area contributed by atoms with Crippen LogP contribution in [-0.4, -0.2) is 47.5 Å². The first-order valence-electron chi connectivity index (χ1n) is 8.11. The molecule has 2 aromatic rings. The van der Waals surface area contributed by atoms with Crippen molar-refractivity contribution in [1.29, 1.82) is 0 Å². The third kappa shape index (κ3) is 4.23. The van der Waals surface area contributed by atoms with Crippen LogP contribution in [-0.2, 0) is 4.74 Å². The smallest absolute Gasteiger partial charge is 0.269 e. The first-order chi connectivity index (χ1) is 11.1. The Morgan fingerprint density at radius 1 is 1.21 bits per heavy atom. The Balaban J connectivity index is 0.00000208. The van der Waals surface area contributed by atoms with Crippen molar-refractivity contribution in [3.05, 3.63) is 52.3 Å². The molecule has 6 heteroatoms. The van der Waals surface area contributed by atoms with E-state index in [0.29, 0.717) is 0 Å². The first-order valence-corrected chi connectivity index (χ1v) is 8.11. The van der Waals surface area contributed by atoms with Gasteiger partial charge in [-0.05, 0) is 19.9 Å². The Morgan fingerprint density at radius 2 is 1.88 bits per heavy atom. The van der Waals surface area contributed by atoms with Crippen molar-refractivity contribution >= 4 is 12.4 Å². The summed E-state index contributed by atoms with van der Waals surface area (Å²) in [6, 6.07) is 11.9. The van der Waals surface area contributed by atoms with E-state index < -0.39 is 0 Å².